The van der Waals surface area contributed by atoms with Gasteiger partial charge in [-0.2, -0.15) is 0 Å². The lowest BCUT2D eigenvalue weighted by atomic mass is 10.0. The molecule has 0 bridgehead atoms. The third-order valence-electron chi connectivity index (χ3n) is 3.24. The highest BCUT2D eigenvalue weighted by Gasteiger charge is 2.08. The maximum atomic E-state index is 5.60. The van der Waals surface area contributed by atoms with Crippen LogP contribution in [0.2, 0.25) is 0 Å². The first-order valence-electron chi connectivity index (χ1n) is 6.66. The van der Waals surface area contributed by atoms with E-state index in [-0.39, 0.29) is 0 Å². The van der Waals surface area contributed by atoms with E-state index in [0.29, 0.717) is 0 Å². The fourth-order valence-electron chi connectivity index (χ4n) is 2.22. The zero-order valence-electron chi connectivity index (χ0n) is 11.5. The number of hydrogen-bond acceptors (Lipinski definition) is 2. The van der Waals surface area contributed by atoms with Gasteiger partial charge in [0.25, 0.3) is 0 Å². The summed E-state index contributed by atoms with van der Waals surface area (Å²) >= 11 is 0. The third kappa shape index (κ3) is 4.49. The van der Waals surface area contributed by atoms with Crippen molar-refractivity contribution in [3.8, 4) is 0 Å². The number of hydrogen-bond donors (Lipinski definition) is 1. The molecule has 0 saturated carbocycles. The Balaban J connectivity index is 2.70. The molecule has 96 valence electrons. The van der Waals surface area contributed by atoms with Crippen LogP contribution >= 0.6 is 0 Å². The van der Waals surface area contributed by atoms with Gasteiger partial charge in [-0.05, 0) is 63.0 Å². The van der Waals surface area contributed by atoms with Gasteiger partial charge in [-0.25, -0.2) is 0 Å². The van der Waals surface area contributed by atoms with Gasteiger partial charge in [0.1, 0.15) is 0 Å². The minimum absolute atomic E-state index is 0.785. The van der Waals surface area contributed by atoms with E-state index < -0.39 is 0 Å². The number of nitrogens with zero attached hydrogens (tertiary/aromatic N) is 1. The molecule has 0 unspecified atom stereocenters. The van der Waals surface area contributed by atoms with Crippen LogP contribution in [0.15, 0.2) is 18.2 Å². The molecule has 1 aromatic rings. The Bertz CT molecular complexity index is 313. The van der Waals surface area contributed by atoms with Crippen LogP contribution in [0.3, 0.4) is 0 Å². The van der Waals surface area contributed by atoms with Crippen LogP contribution < -0.4 is 5.73 Å². The Morgan fingerprint density at radius 1 is 1.12 bits per heavy atom. The van der Waals surface area contributed by atoms with Gasteiger partial charge < -0.3 is 5.73 Å². The Kier molecular flexibility index (Phi) is 6.23. The topological polar surface area (TPSA) is 29.3 Å². The SMILES string of the molecule is CCCN(CCCN)Cc1c(C)cccc1C. The molecule has 0 aliphatic heterocycles. The number of nitrogens with two attached hydrogens (primary N) is 1. The van der Waals surface area contributed by atoms with E-state index in [1.54, 1.807) is 0 Å². The quantitative estimate of drug-likeness (QED) is 0.786. The molecule has 2 N–H and O–H groups in total. The van der Waals surface area contributed by atoms with Gasteiger partial charge >= 0.3 is 0 Å². The van der Waals surface area contributed by atoms with Crippen molar-refractivity contribution in [1.29, 1.82) is 0 Å². The second kappa shape index (κ2) is 7.46. The van der Waals surface area contributed by atoms with Crippen molar-refractivity contribution >= 4 is 0 Å². The fourth-order valence-corrected chi connectivity index (χ4v) is 2.22. The largest absolute Gasteiger partial charge is 0.330 e. The zero-order valence-corrected chi connectivity index (χ0v) is 11.5. The number of rotatable bonds is 7. The summed E-state index contributed by atoms with van der Waals surface area (Å²) in [5.41, 5.74) is 9.89. The molecule has 1 rings (SSSR count). The zero-order chi connectivity index (χ0) is 12.7. The lowest BCUT2D eigenvalue weighted by Gasteiger charge is -2.23. The predicted molar refractivity (Wildman–Crippen MR) is 75.2 cm³/mol. The highest BCUT2D eigenvalue weighted by molar-refractivity contribution is 5.33. The minimum atomic E-state index is 0.785. The van der Waals surface area contributed by atoms with Gasteiger partial charge in [0.2, 0.25) is 0 Å². The maximum absolute atomic E-state index is 5.60. The highest BCUT2D eigenvalue weighted by Crippen LogP contribution is 2.16. The van der Waals surface area contributed by atoms with Crippen LogP contribution in [0.1, 0.15) is 36.5 Å². The van der Waals surface area contributed by atoms with Crippen molar-refractivity contribution < 1.29 is 0 Å². The summed E-state index contributed by atoms with van der Waals surface area (Å²) < 4.78 is 0. The molecule has 0 heterocycles. The van der Waals surface area contributed by atoms with Gasteiger partial charge in [-0.1, -0.05) is 25.1 Å². The Hall–Kier alpha value is -0.860. The monoisotopic (exact) mass is 234 g/mol. The van der Waals surface area contributed by atoms with E-state index in [0.717, 1.165) is 32.6 Å². The second-order valence-corrected chi connectivity index (χ2v) is 4.79. The summed E-state index contributed by atoms with van der Waals surface area (Å²) in [6.07, 6.45) is 2.29. The standard InChI is InChI=1S/C15H26N2/c1-4-10-17(11-6-9-16)12-15-13(2)7-5-8-14(15)3/h5,7-8H,4,6,9-12,16H2,1-3H3. The molecule has 0 radical (unpaired) electrons. The number of aryl methyl sites for hydroxylation is 2. The molecule has 0 aliphatic rings. The van der Waals surface area contributed by atoms with E-state index in [4.69, 9.17) is 5.73 Å². The number of benzene rings is 1. The summed E-state index contributed by atoms with van der Waals surface area (Å²) in [6.45, 7) is 10.8. The van der Waals surface area contributed by atoms with E-state index in [9.17, 15) is 0 Å². The minimum Gasteiger partial charge on any atom is -0.330 e. The van der Waals surface area contributed by atoms with Crippen LogP contribution in [0.4, 0.5) is 0 Å². The van der Waals surface area contributed by atoms with Gasteiger partial charge in [0.15, 0.2) is 0 Å². The second-order valence-electron chi connectivity index (χ2n) is 4.79. The fraction of sp³-hybridized carbons (Fsp3) is 0.600. The molecule has 0 fully saturated rings. The van der Waals surface area contributed by atoms with E-state index in [1.165, 1.54) is 23.1 Å². The molecule has 0 spiro atoms. The van der Waals surface area contributed by atoms with Crippen molar-refractivity contribution in [2.24, 2.45) is 5.73 Å². The smallest absolute Gasteiger partial charge is 0.0238 e. The van der Waals surface area contributed by atoms with Gasteiger partial charge in [0, 0.05) is 6.54 Å². The Morgan fingerprint density at radius 2 is 1.76 bits per heavy atom. The molecule has 2 nitrogen and oxygen atoms in total. The Morgan fingerprint density at radius 3 is 2.29 bits per heavy atom. The summed E-state index contributed by atoms with van der Waals surface area (Å²) in [5, 5.41) is 0. The molecule has 0 amide bonds. The molecule has 0 saturated heterocycles. The average Bonchev–Trinajstić information content (AvgIpc) is 2.31. The molecular weight excluding hydrogens is 208 g/mol. The van der Waals surface area contributed by atoms with Crippen LogP contribution in [-0.4, -0.2) is 24.5 Å². The van der Waals surface area contributed by atoms with E-state index >= 15 is 0 Å². The normalized spacial score (nSPS) is 11.1. The molecule has 0 aromatic heterocycles. The molecule has 1 aromatic carbocycles. The van der Waals surface area contributed by atoms with Crippen molar-refractivity contribution in [2.45, 2.75) is 40.2 Å². The summed E-state index contributed by atoms with van der Waals surface area (Å²) in [5.74, 6) is 0. The molecule has 0 aliphatic carbocycles. The van der Waals surface area contributed by atoms with Gasteiger partial charge in [-0.15, -0.1) is 0 Å². The van der Waals surface area contributed by atoms with E-state index in [1.807, 2.05) is 0 Å². The lowest BCUT2D eigenvalue weighted by Crippen LogP contribution is -2.27. The summed E-state index contributed by atoms with van der Waals surface area (Å²) in [7, 11) is 0. The van der Waals surface area contributed by atoms with E-state index in [2.05, 4.69) is 43.9 Å². The summed E-state index contributed by atoms with van der Waals surface area (Å²) in [6, 6.07) is 6.54. The van der Waals surface area contributed by atoms with Crippen LogP contribution in [0.25, 0.3) is 0 Å². The van der Waals surface area contributed by atoms with Crippen molar-refractivity contribution in [2.75, 3.05) is 19.6 Å². The lowest BCUT2D eigenvalue weighted by molar-refractivity contribution is 0.263. The first kappa shape index (κ1) is 14.2. The predicted octanol–water partition coefficient (Wildman–Crippen LogP) is 2.86. The van der Waals surface area contributed by atoms with Crippen molar-refractivity contribution in [1.82, 2.24) is 4.90 Å². The first-order valence-corrected chi connectivity index (χ1v) is 6.66. The van der Waals surface area contributed by atoms with Crippen molar-refractivity contribution in [3.05, 3.63) is 34.9 Å². The third-order valence-corrected chi connectivity index (χ3v) is 3.24. The first-order chi connectivity index (χ1) is 8.19. The van der Waals surface area contributed by atoms with Crippen LogP contribution in [0, 0.1) is 13.8 Å². The van der Waals surface area contributed by atoms with Crippen LogP contribution in [0.5, 0.6) is 0 Å². The van der Waals surface area contributed by atoms with Crippen LogP contribution in [-0.2, 0) is 6.54 Å². The summed E-state index contributed by atoms with van der Waals surface area (Å²) in [4.78, 5) is 2.52. The maximum Gasteiger partial charge on any atom is 0.0238 e. The molecule has 17 heavy (non-hydrogen) atoms. The van der Waals surface area contributed by atoms with Gasteiger partial charge in [0.05, 0.1) is 0 Å². The molecule has 0 atom stereocenters. The van der Waals surface area contributed by atoms with Crippen molar-refractivity contribution in [3.63, 3.8) is 0 Å². The highest BCUT2D eigenvalue weighted by atomic mass is 15.1. The molecular formula is C15H26N2. The molecule has 2 heteroatoms. The Labute approximate surface area is 106 Å². The van der Waals surface area contributed by atoms with Gasteiger partial charge in [-0.3, -0.25) is 4.90 Å². The average molecular weight is 234 g/mol.